The van der Waals surface area contributed by atoms with Crippen LogP contribution >= 0.6 is 11.6 Å². The molecule has 0 spiro atoms. The monoisotopic (exact) mass is 545 g/mol. The Labute approximate surface area is 230 Å². The van der Waals surface area contributed by atoms with Gasteiger partial charge in [0.1, 0.15) is 6.10 Å². The topological polar surface area (TPSA) is 90.0 Å². The SMILES string of the molecule is CCN(CC)CC(=O)O[C@@H]1C[C@](OC(C)=O)(C(C)=O)[C@@]2(C)CC[C@H]3[C@@H](C=C(Cl)C4=CC(=O)[C@@H]5C[C@@H]5[C@@]43C)[C@H]12. The summed E-state index contributed by atoms with van der Waals surface area (Å²) in [6.45, 7) is 12.7. The zero-order valence-electron chi connectivity index (χ0n) is 23.3. The maximum Gasteiger partial charge on any atom is 0.320 e. The fourth-order valence-corrected chi connectivity index (χ4v) is 9.39. The smallest absolute Gasteiger partial charge is 0.320 e. The van der Waals surface area contributed by atoms with Gasteiger partial charge in [-0.1, -0.05) is 45.4 Å². The molecule has 0 radical (unpaired) electrons. The standard InChI is InChI=1S/C30H40ClNO6/c1-7-32(8-2)15-26(36)37-25-14-30(16(3)33,38-17(4)34)28(5)10-9-20-19(27(25)28)12-23(31)22-13-24(35)18-11-21(18)29(20,22)6/h12-13,18-21,25,27H,7-11,14-15H2,1-6H3/t18-,19-,20+,21+,25-,27-,28+,29+,30+/m1/s1. The van der Waals surface area contributed by atoms with Crippen LogP contribution < -0.4 is 0 Å². The Morgan fingerprint density at radius 3 is 2.42 bits per heavy atom. The average molecular weight is 546 g/mol. The average Bonchev–Trinajstić information content (AvgIpc) is 3.61. The molecule has 0 N–H and O–H groups in total. The van der Waals surface area contributed by atoms with E-state index in [1.165, 1.54) is 13.8 Å². The Morgan fingerprint density at radius 1 is 1.13 bits per heavy atom. The minimum absolute atomic E-state index is 0.0592. The molecule has 7 nitrogen and oxygen atoms in total. The summed E-state index contributed by atoms with van der Waals surface area (Å²) in [5, 5.41) is 0.581. The number of likely N-dealkylation sites (N-methyl/N-ethyl adjacent to an activating group) is 1. The third-order valence-corrected chi connectivity index (χ3v) is 11.3. The molecule has 0 bridgehead atoms. The first-order valence-electron chi connectivity index (χ1n) is 14.1. The number of nitrogens with zero attached hydrogens (tertiary/aromatic N) is 1. The highest BCUT2D eigenvalue weighted by Crippen LogP contribution is 2.72. The molecule has 0 aromatic carbocycles. The Hall–Kier alpha value is -1.99. The highest BCUT2D eigenvalue weighted by atomic mass is 35.5. The number of carbonyl (C=O) groups is 4. The van der Waals surface area contributed by atoms with Crippen molar-refractivity contribution >= 4 is 35.1 Å². The summed E-state index contributed by atoms with van der Waals surface area (Å²) in [5.41, 5.74) is -1.44. The van der Waals surface area contributed by atoms with Crippen LogP contribution in [0.3, 0.4) is 0 Å². The first kappa shape index (κ1) is 27.6. The van der Waals surface area contributed by atoms with Crippen molar-refractivity contribution in [2.75, 3.05) is 19.6 Å². The second-order valence-electron chi connectivity index (χ2n) is 12.5. The molecule has 0 unspecified atom stereocenters. The van der Waals surface area contributed by atoms with Crippen LogP contribution in [-0.2, 0) is 28.7 Å². The van der Waals surface area contributed by atoms with Crippen molar-refractivity contribution in [3.05, 3.63) is 22.8 Å². The summed E-state index contributed by atoms with van der Waals surface area (Å²) >= 11 is 6.94. The number of hydrogen-bond acceptors (Lipinski definition) is 7. The second-order valence-corrected chi connectivity index (χ2v) is 13.0. The molecular weight excluding hydrogens is 506 g/mol. The highest BCUT2D eigenvalue weighted by Gasteiger charge is 2.73. The Morgan fingerprint density at radius 2 is 1.82 bits per heavy atom. The molecule has 8 heteroatoms. The van der Waals surface area contributed by atoms with E-state index in [1.807, 2.05) is 31.7 Å². The van der Waals surface area contributed by atoms with Crippen molar-refractivity contribution in [2.24, 2.45) is 40.4 Å². The largest absolute Gasteiger partial charge is 0.461 e. The van der Waals surface area contributed by atoms with Crippen LogP contribution in [0.5, 0.6) is 0 Å². The molecule has 5 aliphatic rings. The Bertz CT molecular complexity index is 1140. The van der Waals surface area contributed by atoms with Crippen LogP contribution in [0.15, 0.2) is 22.8 Å². The maximum absolute atomic E-state index is 13.4. The number of hydrogen-bond donors (Lipinski definition) is 0. The Balaban J connectivity index is 1.59. The molecule has 208 valence electrons. The molecular formula is C30H40ClNO6. The molecule has 3 saturated carbocycles. The predicted molar refractivity (Wildman–Crippen MR) is 142 cm³/mol. The van der Waals surface area contributed by atoms with Gasteiger partial charge in [-0.25, -0.2) is 0 Å². The number of halogens is 1. The summed E-state index contributed by atoms with van der Waals surface area (Å²) in [7, 11) is 0. The zero-order chi connectivity index (χ0) is 27.8. The number of ether oxygens (including phenoxy) is 2. The van der Waals surface area contributed by atoms with Gasteiger partial charge in [-0.15, -0.1) is 0 Å². The minimum Gasteiger partial charge on any atom is -0.461 e. The van der Waals surface area contributed by atoms with Crippen LogP contribution in [0.1, 0.15) is 67.2 Å². The lowest BCUT2D eigenvalue weighted by molar-refractivity contribution is -0.185. The number of ketones is 2. The molecule has 38 heavy (non-hydrogen) atoms. The van der Waals surface area contributed by atoms with Crippen molar-refractivity contribution < 1.29 is 28.7 Å². The van der Waals surface area contributed by atoms with E-state index in [0.29, 0.717) is 11.5 Å². The Kier molecular flexibility index (Phi) is 6.74. The van der Waals surface area contributed by atoms with Crippen molar-refractivity contribution in [1.82, 2.24) is 4.90 Å². The van der Waals surface area contributed by atoms with E-state index in [9.17, 15) is 19.2 Å². The number of carbonyl (C=O) groups excluding carboxylic acids is 4. The lowest BCUT2D eigenvalue weighted by Crippen LogP contribution is -2.59. The predicted octanol–water partition coefficient (Wildman–Crippen LogP) is 4.47. The first-order chi connectivity index (χ1) is 17.8. The fourth-order valence-electron chi connectivity index (χ4n) is 8.99. The van der Waals surface area contributed by atoms with Gasteiger partial charge in [-0.05, 0) is 68.7 Å². The minimum atomic E-state index is -1.38. The van der Waals surface area contributed by atoms with E-state index < -0.39 is 23.1 Å². The fraction of sp³-hybridized carbons (Fsp3) is 0.733. The molecule has 0 aliphatic heterocycles. The molecule has 0 heterocycles. The molecule has 9 atom stereocenters. The number of esters is 2. The summed E-state index contributed by atoms with van der Waals surface area (Å²) in [4.78, 5) is 53.5. The zero-order valence-corrected chi connectivity index (χ0v) is 24.1. The summed E-state index contributed by atoms with van der Waals surface area (Å²) in [6, 6.07) is 0. The van der Waals surface area contributed by atoms with Gasteiger partial charge in [0, 0.05) is 41.0 Å². The summed E-state index contributed by atoms with van der Waals surface area (Å²) < 4.78 is 12.2. The van der Waals surface area contributed by atoms with Gasteiger partial charge >= 0.3 is 11.9 Å². The number of rotatable bonds is 7. The van der Waals surface area contributed by atoms with E-state index in [-0.39, 0.29) is 65.5 Å². The quantitative estimate of drug-likeness (QED) is 0.436. The van der Waals surface area contributed by atoms with E-state index in [4.69, 9.17) is 21.1 Å². The first-order valence-corrected chi connectivity index (χ1v) is 14.5. The molecule has 0 aromatic heterocycles. The lowest BCUT2D eigenvalue weighted by Gasteiger charge is -2.58. The highest BCUT2D eigenvalue weighted by molar-refractivity contribution is 6.32. The molecule has 0 saturated heterocycles. The van der Waals surface area contributed by atoms with Crippen molar-refractivity contribution in [3.63, 3.8) is 0 Å². The molecule has 0 amide bonds. The van der Waals surface area contributed by atoms with Crippen molar-refractivity contribution in [2.45, 2.75) is 78.9 Å². The van der Waals surface area contributed by atoms with Gasteiger partial charge in [-0.3, -0.25) is 24.1 Å². The van der Waals surface area contributed by atoms with Gasteiger partial charge in [-0.2, -0.15) is 0 Å². The van der Waals surface area contributed by atoms with Crippen LogP contribution in [0.4, 0.5) is 0 Å². The number of Topliss-reactive ketones (excluding diaryl/α,β-unsaturated/α-hetero) is 1. The van der Waals surface area contributed by atoms with Gasteiger partial charge in [0.25, 0.3) is 0 Å². The third kappa shape index (κ3) is 3.78. The molecule has 5 rings (SSSR count). The van der Waals surface area contributed by atoms with E-state index in [1.54, 1.807) is 6.08 Å². The van der Waals surface area contributed by atoms with Crippen molar-refractivity contribution in [3.8, 4) is 0 Å². The lowest BCUT2D eigenvalue weighted by atomic mass is 9.47. The molecule has 0 aromatic rings. The number of fused-ring (bicyclic) bond motifs is 7. The second kappa shape index (κ2) is 9.29. The summed E-state index contributed by atoms with van der Waals surface area (Å²) in [5.74, 6) is -0.748. The van der Waals surface area contributed by atoms with Crippen LogP contribution in [0.2, 0.25) is 0 Å². The normalized spacial score (nSPS) is 42.7. The maximum atomic E-state index is 13.4. The number of allylic oxidation sites excluding steroid dienone is 4. The van der Waals surface area contributed by atoms with Gasteiger partial charge in [0.2, 0.25) is 0 Å². The van der Waals surface area contributed by atoms with Crippen molar-refractivity contribution in [1.29, 1.82) is 0 Å². The molecule has 3 fully saturated rings. The third-order valence-electron chi connectivity index (χ3n) is 11.0. The van der Waals surface area contributed by atoms with E-state index in [2.05, 4.69) is 6.92 Å². The van der Waals surface area contributed by atoms with Crippen LogP contribution in [-0.4, -0.2) is 59.7 Å². The molecule has 5 aliphatic carbocycles. The van der Waals surface area contributed by atoms with Gasteiger partial charge in [0.05, 0.1) is 6.54 Å². The van der Waals surface area contributed by atoms with E-state index >= 15 is 0 Å². The van der Waals surface area contributed by atoms with E-state index in [0.717, 1.165) is 31.5 Å². The van der Waals surface area contributed by atoms with Crippen LogP contribution in [0.25, 0.3) is 0 Å². The van der Waals surface area contributed by atoms with Gasteiger partial charge < -0.3 is 9.47 Å². The van der Waals surface area contributed by atoms with Gasteiger partial charge in [0.15, 0.2) is 17.2 Å². The van der Waals surface area contributed by atoms with Crippen LogP contribution in [0, 0.1) is 40.4 Å². The summed E-state index contributed by atoms with van der Waals surface area (Å²) in [6.07, 6.45) is 5.66.